The lowest BCUT2D eigenvalue weighted by Crippen LogP contribution is -2.07. The van der Waals surface area contributed by atoms with Gasteiger partial charge >= 0.3 is 0 Å². The van der Waals surface area contributed by atoms with Crippen LogP contribution in [0, 0.1) is 0 Å². The van der Waals surface area contributed by atoms with Crippen molar-refractivity contribution < 1.29 is 9.47 Å². The van der Waals surface area contributed by atoms with Crippen LogP contribution < -0.4 is 14.4 Å². The number of rotatable bonds is 6. The van der Waals surface area contributed by atoms with Crippen LogP contribution in [0.2, 0.25) is 0 Å². The Balaban J connectivity index is 2.08. The van der Waals surface area contributed by atoms with E-state index in [4.69, 9.17) is 9.47 Å². The zero-order valence-corrected chi connectivity index (χ0v) is 14.1. The molecule has 3 nitrogen and oxygen atoms in total. The van der Waals surface area contributed by atoms with Crippen LogP contribution in [0.1, 0.15) is 11.1 Å². The Hall–Kier alpha value is -2.68. The molecule has 0 spiro atoms. The van der Waals surface area contributed by atoms with E-state index in [0.29, 0.717) is 0 Å². The Kier molecular flexibility index (Phi) is 5.87. The summed E-state index contributed by atoms with van der Waals surface area (Å²) in [5.41, 5.74) is 3.34. The fourth-order valence-corrected chi connectivity index (χ4v) is 2.18. The molecule has 0 unspecified atom stereocenters. The van der Waals surface area contributed by atoms with Crippen LogP contribution in [-0.4, -0.2) is 28.3 Å². The normalized spacial score (nSPS) is 11.1. The van der Waals surface area contributed by atoms with E-state index in [1.807, 2.05) is 50.5 Å². The number of hydrogen-bond acceptors (Lipinski definition) is 3. The molecule has 0 saturated carbocycles. The van der Waals surface area contributed by atoms with Crippen molar-refractivity contribution in [2.45, 2.75) is 0 Å². The average Bonchev–Trinajstić information content (AvgIpc) is 2.58. The van der Waals surface area contributed by atoms with E-state index in [-0.39, 0.29) is 0 Å². The lowest BCUT2D eigenvalue weighted by molar-refractivity contribution is 0.402. The minimum Gasteiger partial charge on any atom is -0.497 e. The van der Waals surface area contributed by atoms with Gasteiger partial charge in [-0.25, -0.2) is 0 Å². The molecule has 23 heavy (non-hydrogen) atoms. The minimum absolute atomic E-state index is 0.814. The lowest BCUT2D eigenvalue weighted by Gasteiger charge is -2.11. The van der Waals surface area contributed by atoms with Gasteiger partial charge in [-0.05, 0) is 35.9 Å². The van der Waals surface area contributed by atoms with E-state index in [1.165, 1.54) is 5.69 Å². The van der Waals surface area contributed by atoms with Crippen LogP contribution in [0.25, 0.3) is 12.2 Å². The molecule has 0 bridgehead atoms. The number of benzene rings is 2. The first-order chi connectivity index (χ1) is 11.1. The van der Waals surface area contributed by atoms with Gasteiger partial charge in [-0.3, -0.25) is 0 Å². The third-order valence-electron chi connectivity index (χ3n) is 3.52. The number of ether oxygens (including phenoxy) is 2. The van der Waals surface area contributed by atoms with Crippen molar-refractivity contribution in [1.29, 1.82) is 0 Å². The first-order valence-electron chi connectivity index (χ1n) is 7.48. The monoisotopic (exact) mass is 309 g/mol. The fourth-order valence-electron chi connectivity index (χ4n) is 2.18. The molecule has 0 aliphatic rings. The lowest BCUT2D eigenvalue weighted by atomic mass is 10.1. The van der Waals surface area contributed by atoms with Crippen LogP contribution in [0.3, 0.4) is 0 Å². The summed E-state index contributed by atoms with van der Waals surface area (Å²) in [5.74, 6) is 1.64. The molecule has 0 aliphatic heterocycles. The molecule has 0 heterocycles. The first-order valence-corrected chi connectivity index (χ1v) is 7.48. The molecule has 2 aromatic carbocycles. The zero-order chi connectivity index (χ0) is 16.7. The molecule has 2 aromatic rings. The fraction of sp³-hybridized carbons (Fsp3) is 0.200. The molecule has 0 atom stereocenters. The summed E-state index contributed by atoms with van der Waals surface area (Å²) in [6.45, 7) is 0. The molecule has 120 valence electrons. The first kappa shape index (κ1) is 16.7. The van der Waals surface area contributed by atoms with Gasteiger partial charge in [0.15, 0.2) is 0 Å². The highest BCUT2D eigenvalue weighted by molar-refractivity contribution is 5.63. The number of allylic oxidation sites excluding steroid dienone is 2. The smallest absolute Gasteiger partial charge is 0.126 e. The number of anilines is 1. The summed E-state index contributed by atoms with van der Waals surface area (Å²) in [6, 6.07) is 14.2. The van der Waals surface area contributed by atoms with Gasteiger partial charge in [-0.15, -0.1) is 0 Å². The number of nitrogens with zero attached hydrogens (tertiary/aromatic N) is 1. The van der Waals surface area contributed by atoms with Crippen LogP contribution in [0.15, 0.2) is 54.6 Å². The van der Waals surface area contributed by atoms with E-state index in [0.717, 1.165) is 22.6 Å². The largest absolute Gasteiger partial charge is 0.497 e. The van der Waals surface area contributed by atoms with E-state index >= 15 is 0 Å². The van der Waals surface area contributed by atoms with Crippen LogP contribution in [-0.2, 0) is 0 Å². The molecule has 0 aromatic heterocycles. The van der Waals surface area contributed by atoms with E-state index in [9.17, 15) is 0 Å². The Labute approximate surface area is 138 Å². The van der Waals surface area contributed by atoms with Gasteiger partial charge in [0.2, 0.25) is 0 Å². The number of hydrogen-bond donors (Lipinski definition) is 0. The summed E-state index contributed by atoms with van der Waals surface area (Å²) in [7, 11) is 7.40. The quantitative estimate of drug-likeness (QED) is 0.734. The standard InChI is InChI=1S/C20H23NO2/c1-21(2)18-11-9-16(10-12-18)7-5-6-8-17-15-19(22-3)13-14-20(17)23-4/h5-15H,1-4H3/b7-5+,8-6+. The Morgan fingerprint density at radius 2 is 1.52 bits per heavy atom. The van der Waals surface area contributed by atoms with Crippen molar-refractivity contribution >= 4 is 17.8 Å². The van der Waals surface area contributed by atoms with Gasteiger partial charge in [0.1, 0.15) is 11.5 Å². The van der Waals surface area contributed by atoms with Crippen molar-refractivity contribution in [3.8, 4) is 11.5 Å². The van der Waals surface area contributed by atoms with E-state index in [2.05, 4.69) is 35.2 Å². The molecule has 0 radical (unpaired) electrons. The van der Waals surface area contributed by atoms with Crippen LogP contribution in [0.5, 0.6) is 11.5 Å². The van der Waals surface area contributed by atoms with Gasteiger partial charge in [0, 0.05) is 25.3 Å². The highest BCUT2D eigenvalue weighted by Gasteiger charge is 2.01. The average molecular weight is 309 g/mol. The van der Waals surface area contributed by atoms with Crippen molar-refractivity contribution in [2.24, 2.45) is 0 Å². The summed E-state index contributed by atoms with van der Waals surface area (Å²) in [6.07, 6.45) is 8.09. The highest BCUT2D eigenvalue weighted by atomic mass is 16.5. The third-order valence-corrected chi connectivity index (χ3v) is 3.52. The van der Waals surface area contributed by atoms with Gasteiger partial charge < -0.3 is 14.4 Å². The number of methoxy groups -OCH3 is 2. The highest BCUT2D eigenvalue weighted by Crippen LogP contribution is 2.25. The zero-order valence-electron chi connectivity index (χ0n) is 14.1. The van der Waals surface area contributed by atoms with E-state index in [1.54, 1.807) is 14.2 Å². The maximum absolute atomic E-state index is 5.36. The van der Waals surface area contributed by atoms with Crippen molar-refractivity contribution in [3.05, 3.63) is 65.7 Å². The Bertz CT molecular complexity index is 685. The molecule has 0 saturated heterocycles. The summed E-state index contributed by atoms with van der Waals surface area (Å²) < 4.78 is 10.6. The Morgan fingerprint density at radius 3 is 2.13 bits per heavy atom. The van der Waals surface area contributed by atoms with Crippen molar-refractivity contribution in [2.75, 3.05) is 33.2 Å². The van der Waals surface area contributed by atoms with Gasteiger partial charge in [0.05, 0.1) is 14.2 Å². The maximum Gasteiger partial charge on any atom is 0.126 e. The second-order valence-corrected chi connectivity index (χ2v) is 5.31. The van der Waals surface area contributed by atoms with Crippen molar-refractivity contribution in [1.82, 2.24) is 0 Å². The van der Waals surface area contributed by atoms with Gasteiger partial charge in [-0.2, -0.15) is 0 Å². The SMILES string of the molecule is COc1ccc(OC)c(/C=C/C=C/c2ccc(N(C)C)cc2)c1. The molecule has 0 fully saturated rings. The third kappa shape index (κ3) is 4.65. The second kappa shape index (κ2) is 8.08. The van der Waals surface area contributed by atoms with Crippen LogP contribution in [0.4, 0.5) is 5.69 Å². The minimum atomic E-state index is 0.814. The summed E-state index contributed by atoms with van der Waals surface area (Å²) >= 11 is 0. The second-order valence-electron chi connectivity index (χ2n) is 5.31. The Morgan fingerprint density at radius 1 is 0.826 bits per heavy atom. The van der Waals surface area contributed by atoms with Crippen LogP contribution >= 0.6 is 0 Å². The van der Waals surface area contributed by atoms with Gasteiger partial charge in [0.25, 0.3) is 0 Å². The summed E-state index contributed by atoms with van der Waals surface area (Å²) in [5, 5.41) is 0. The topological polar surface area (TPSA) is 21.7 Å². The molecular formula is C20H23NO2. The van der Waals surface area contributed by atoms with Crippen molar-refractivity contribution in [3.63, 3.8) is 0 Å². The maximum atomic E-state index is 5.36. The molecule has 2 rings (SSSR count). The summed E-state index contributed by atoms with van der Waals surface area (Å²) in [4.78, 5) is 2.09. The molecular weight excluding hydrogens is 286 g/mol. The predicted molar refractivity (Wildman–Crippen MR) is 98.4 cm³/mol. The molecule has 0 amide bonds. The molecule has 3 heteroatoms. The molecule has 0 aliphatic carbocycles. The van der Waals surface area contributed by atoms with E-state index < -0.39 is 0 Å². The predicted octanol–water partition coefficient (Wildman–Crippen LogP) is 4.50. The van der Waals surface area contributed by atoms with Gasteiger partial charge in [-0.1, -0.05) is 36.4 Å². The molecule has 0 N–H and O–H groups in total.